The van der Waals surface area contributed by atoms with Crippen LogP contribution in [0.1, 0.15) is 37.8 Å². The Morgan fingerprint density at radius 3 is 2.37 bits per heavy atom. The molecule has 0 saturated heterocycles. The summed E-state index contributed by atoms with van der Waals surface area (Å²) in [6, 6.07) is 7.39. The van der Waals surface area contributed by atoms with Crippen LogP contribution in [-0.4, -0.2) is 17.7 Å². The van der Waals surface area contributed by atoms with Crippen molar-refractivity contribution < 1.29 is 9.90 Å². The fourth-order valence-electron chi connectivity index (χ4n) is 1.94. The van der Waals surface area contributed by atoms with E-state index in [4.69, 9.17) is 0 Å². The van der Waals surface area contributed by atoms with Gasteiger partial charge >= 0.3 is 6.03 Å². The Kier molecular flexibility index (Phi) is 6.97. The molecule has 0 aliphatic rings. The molecule has 0 aliphatic carbocycles. The predicted molar refractivity (Wildman–Crippen MR) is 76.7 cm³/mol. The standard InChI is InChI=1S/C15H24N2O2/c1-3-12(4-2)9-16-15(19)17-10-13-7-5-6-8-14(13)11-18/h5-8,12,18H,3-4,9-11H2,1-2H3,(H2,16,17,19). The van der Waals surface area contributed by atoms with Crippen LogP contribution >= 0.6 is 0 Å². The molecule has 0 heterocycles. The third-order valence-corrected chi connectivity index (χ3v) is 3.43. The molecule has 2 amide bonds. The molecule has 0 aliphatic heterocycles. The van der Waals surface area contributed by atoms with E-state index in [9.17, 15) is 9.90 Å². The van der Waals surface area contributed by atoms with Crippen molar-refractivity contribution in [1.82, 2.24) is 10.6 Å². The van der Waals surface area contributed by atoms with E-state index in [1.807, 2.05) is 24.3 Å². The Hall–Kier alpha value is -1.55. The number of urea groups is 1. The van der Waals surface area contributed by atoms with Gasteiger partial charge in [0, 0.05) is 13.1 Å². The Morgan fingerprint density at radius 1 is 1.16 bits per heavy atom. The summed E-state index contributed by atoms with van der Waals surface area (Å²) in [6.07, 6.45) is 2.15. The molecule has 19 heavy (non-hydrogen) atoms. The minimum atomic E-state index is -0.153. The van der Waals surface area contributed by atoms with Crippen molar-refractivity contribution in [3.63, 3.8) is 0 Å². The molecule has 1 aromatic rings. The molecule has 0 saturated carbocycles. The lowest BCUT2D eigenvalue weighted by molar-refractivity contribution is 0.237. The number of carbonyl (C=O) groups excluding carboxylic acids is 1. The predicted octanol–water partition coefficient (Wildman–Crippen LogP) is 2.41. The first-order valence-corrected chi connectivity index (χ1v) is 6.90. The van der Waals surface area contributed by atoms with E-state index in [2.05, 4.69) is 24.5 Å². The maximum Gasteiger partial charge on any atom is 0.315 e. The summed E-state index contributed by atoms with van der Waals surface area (Å²) >= 11 is 0. The quantitative estimate of drug-likeness (QED) is 0.708. The van der Waals surface area contributed by atoms with Crippen molar-refractivity contribution in [2.45, 2.75) is 39.8 Å². The normalized spacial score (nSPS) is 10.5. The number of hydrogen-bond acceptors (Lipinski definition) is 2. The molecule has 0 aromatic heterocycles. The van der Waals surface area contributed by atoms with E-state index in [-0.39, 0.29) is 12.6 Å². The number of nitrogens with one attached hydrogen (secondary N) is 2. The zero-order valence-electron chi connectivity index (χ0n) is 11.8. The summed E-state index contributed by atoms with van der Waals surface area (Å²) in [5.41, 5.74) is 1.80. The van der Waals surface area contributed by atoms with Crippen LogP contribution in [0.4, 0.5) is 4.79 Å². The lowest BCUT2D eigenvalue weighted by Crippen LogP contribution is -2.37. The second kappa shape index (κ2) is 8.53. The number of carbonyl (C=O) groups is 1. The van der Waals surface area contributed by atoms with E-state index in [0.717, 1.165) is 24.0 Å². The number of aliphatic hydroxyl groups excluding tert-OH is 1. The van der Waals surface area contributed by atoms with Gasteiger partial charge in [-0.1, -0.05) is 51.0 Å². The molecule has 106 valence electrons. The van der Waals surface area contributed by atoms with Crippen LogP contribution in [0.5, 0.6) is 0 Å². The lowest BCUT2D eigenvalue weighted by Gasteiger charge is -2.14. The van der Waals surface area contributed by atoms with Gasteiger partial charge in [0.2, 0.25) is 0 Å². The summed E-state index contributed by atoms with van der Waals surface area (Å²) in [7, 11) is 0. The summed E-state index contributed by atoms with van der Waals surface area (Å²) in [4.78, 5) is 11.7. The SMILES string of the molecule is CCC(CC)CNC(=O)NCc1ccccc1CO. The molecule has 0 unspecified atom stereocenters. The highest BCUT2D eigenvalue weighted by atomic mass is 16.3. The fraction of sp³-hybridized carbons (Fsp3) is 0.533. The average molecular weight is 264 g/mol. The Morgan fingerprint density at radius 2 is 1.79 bits per heavy atom. The summed E-state index contributed by atoms with van der Waals surface area (Å²) in [6.45, 7) is 5.40. The van der Waals surface area contributed by atoms with Gasteiger partial charge < -0.3 is 15.7 Å². The third-order valence-electron chi connectivity index (χ3n) is 3.43. The van der Waals surface area contributed by atoms with Gasteiger partial charge in [-0.05, 0) is 17.0 Å². The highest BCUT2D eigenvalue weighted by Gasteiger charge is 2.07. The lowest BCUT2D eigenvalue weighted by atomic mass is 10.0. The van der Waals surface area contributed by atoms with Gasteiger partial charge in [-0.15, -0.1) is 0 Å². The monoisotopic (exact) mass is 264 g/mol. The first-order valence-electron chi connectivity index (χ1n) is 6.90. The van der Waals surface area contributed by atoms with Crippen molar-refractivity contribution in [2.24, 2.45) is 5.92 Å². The van der Waals surface area contributed by atoms with Gasteiger partial charge in [0.25, 0.3) is 0 Å². The summed E-state index contributed by atoms with van der Waals surface area (Å²) in [5, 5.41) is 14.9. The molecule has 4 heteroatoms. The Balaban J connectivity index is 2.37. The largest absolute Gasteiger partial charge is 0.392 e. The van der Waals surface area contributed by atoms with E-state index in [1.165, 1.54) is 0 Å². The van der Waals surface area contributed by atoms with Gasteiger partial charge in [-0.25, -0.2) is 4.79 Å². The second-order valence-corrected chi connectivity index (χ2v) is 4.67. The molecule has 0 atom stereocenters. The van der Waals surface area contributed by atoms with E-state index >= 15 is 0 Å². The molecular formula is C15H24N2O2. The van der Waals surface area contributed by atoms with Gasteiger partial charge in [0.05, 0.1) is 6.61 Å². The van der Waals surface area contributed by atoms with Crippen molar-refractivity contribution in [3.05, 3.63) is 35.4 Å². The van der Waals surface area contributed by atoms with Gasteiger partial charge in [0.15, 0.2) is 0 Å². The highest BCUT2D eigenvalue weighted by Crippen LogP contribution is 2.08. The van der Waals surface area contributed by atoms with Crippen LogP contribution in [0.3, 0.4) is 0 Å². The van der Waals surface area contributed by atoms with Crippen molar-refractivity contribution in [2.75, 3.05) is 6.54 Å². The van der Waals surface area contributed by atoms with E-state index in [0.29, 0.717) is 19.0 Å². The zero-order valence-corrected chi connectivity index (χ0v) is 11.8. The maximum absolute atomic E-state index is 11.7. The van der Waals surface area contributed by atoms with Crippen LogP contribution in [-0.2, 0) is 13.2 Å². The van der Waals surface area contributed by atoms with Crippen LogP contribution in [0.2, 0.25) is 0 Å². The Bertz CT molecular complexity index is 389. The topological polar surface area (TPSA) is 61.4 Å². The minimum absolute atomic E-state index is 0.00673. The highest BCUT2D eigenvalue weighted by molar-refractivity contribution is 5.73. The molecular weight excluding hydrogens is 240 g/mol. The zero-order chi connectivity index (χ0) is 14.1. The molecule has 1 aromatic carbocycles. The van der Waals surface area contributed by atoms with Crippen molar-refractivity contribution in [3.8, 4) is 0 Å². The average Bonchev–Trinajstić information content (AvgIpc) is 2.46. The molecule has 3 N–H and O–H groups in total. The molecule has 4 nitrogen and oxygen atoms in total. The number of amides is 2. The van der Waals surface area contributed by atoms with E-state index in [1.54, 1.807) is 0 Å². The smallest absolute Gasteiger partial charge is 0.315 e. The number of rotatable bonds is 7. The number of benzene rings is 1. The van der Waals surface area contributed by atoms with E-state index < -0.39 is 0 Å². The third kappa shape index (κ3) is 5.30. The van der Waals surface area contributed by atoms with Crippen molar-refractivity contribution >= 4 is 6.03 Å². The molecule has 1 rings (SSSR count). The van der Waals surface area contributed by atoms with Crippen molar-refractivity contribution in [1.29, 1.82) is 0 Å². The number of aliphatic hydroxyl groups is 1. The molecule has 0 radical (unpaired) electrons. The van der Waals surface area contributed by atoms with Crippen LogP contribution in [0.25, 0.3) is 0 Å². The molecule has 0 bridgehead atoms. The maximum atomic E-state index is 11.7. The van der Waals surface area contributed by atoms with Gasteiger partial charge in [0.1, 0.15) is 0 Å². The second-order valence-electron chi connectivity index (χ2n) is 4.67. The van der Waals surface area contributed by atoms with Gasteiger partial charge in [-0.2, -0.15) is 0 Å². The number of hydrogen-bond donors (Lipinski definition) is 3. The summed E-state index contributed by atoms with van der Waals surface area (Å²) < 4.78 is 0. The first-order chi connectivity index (χ1) is 9.21. The first kappa shape index (κ1) is 15.5. The van der Waals surface area contributed by atoms with Crippen LogP contribution < -0.4 is 10.6 Å². The molecule has 0 fully saturated rings. The minimum Gasteiger partial charge on any atom is -0.392 e. The van der Waals surface area contributed by atoms with Crippen LogP contribution in [0.15, 0.2) is 24.3 Å². The fourth-order valence-corrected chi connectivity index (χ4v) is 1.94. The Labute approximate surface area is 115 Å². The summed E-state index contributed by atoms with van der Waals surface area (Å²) in [5.74, 6) is 0.537. The van der Waals surface area contributed by atoms with Crippen LogP contribution in [0, 0.1) is 5.92 Å². The molecule has 0 spiro atoms. The van der Waals surface area contributed by atoms with Gasteiger partial charge in [-0.3, -0.25) is 0 Å².